The number of nitrogens with one attached hydrogen (secondary N) is 1. The van der Waals surface area contributed by atoms with Gasteiger partial charge in [-0.2, -0.15) is 0 Å². The SMILES string of the molecule is CCCOc1ccc(-c2nc(C(=O)NC(CN)C3CC3)cs2)cc1.Cl. The summed E-state index contributed by atoms with van der Waals surface area (Å²) in [6.07, 6.45) is 3.28. The second-order valence-electron chi connectivity index (χ2n) is 6.06. The molecule has 1 fully saturated rings. The Morgan fingerprint density at radius 2 is 2.12 bits per heavy atom. The highest BCUT2D eigenvalue weighted by Crippen LogP contribution is 2.32. The Morgan fingerprint density at radius 1 is 1.40 bits per heavy atom. The van der Waals surface area contributed by atoms with Gasteiger partial charge in [0.25, 0.3) is 5.91 Å². The van der Waals surface area contributed by atoms with Gasteiger partial charge in [-0.05, 0) is 49.4 Å². The lowest BCUT2D eigenvalue weighted by Crippen LogP contribution is -2.41. The number of aromatic nitrogens is 1. The van der Waals surface area contributed by atoms with E-state index in [0.29, 0.717) is 24.8 Å². The summed E-state index contributed by atoms with van der Waals surface area (Å²) in [4.78, 5) is 16.8. The summed E-state index contributed by atoms with van der Waals surface area (Å²) in [7, 11) is 0. The fourth-order valence-electron chi connectivity index (χ4n) is 2.53. The third kappa shape index (κ3) is 5.17. The topological polar surface area (TPSA) is 77.2 Å². The van der Waals surface area contributed by atoms with Crippen LogP contribution in [0.5, 0.6) is 5.75 Å². The van der Waals surface area contributed by atoms with Gasteiger partial charge in [-0.25, -0.2) is 4.98 Å². The normalized spacial score (nSPS) is 14.5. The molecule has 1 aromatic carbocycles. The maximum atomic E-state index is 12.3. The van der Waals surface area contributed by atoms with Gasteiger partial charge in [-0.3, -0.25) is 4.79 Å². The van der Waals surface area contributed by atoms with E-state index in [9.17, 15) is 4.79 Å². The first-order chi connectivity index (χ1) is 11.7. The first-order valence-corrected chi connectivity index (χ1v) is 9.29. The van der Waals surface area contributed by atoms with Crippen molar-refractivity contribution in [2.75, 3.05) is 13.2 Å². The number of nitrogens with zero attached hydrogens (tertiary/aromatic N) is 1. The van der Waals surface area contributed by atoms with Crippen LogP contribution in [0.15, 0.2) is 29.6 Å². The number of carbonyl (C=O) groups excluding carboxylic acids is 1. The van der Waals surface area contributed by atoms with Crippen molar-refractivity contribution >= 4 is 29.7 Å². The quantitative estimate of drug-likeness (QED) is 0.733. The minimum atomic E-state index is -0.136. The lowest BCUT2D eigenvalue weighted by molar-refractivity contribution is 0.0929. The molecule has 0 bridgehead atoms. The van der Waals surface area contributed by atoms with E-state index >= 15 is 0 Å². The van der Waals surface area contributed by atoms with Gasteiger partial charge < -0.3 is 15.8 Å². The number of nitrogens with two attached hydrogens (primary N) is 1. The average Bonchev–Trinajstić information content (AvgIpc) is 3.34. The van der Waals surface area contributed by atoms with Crippen molar-refractivity contribution in [3.63, 3.8) is 0 Å². The van der Waals surface area contributed by atoms with Crippen molar-refractivity contribution in [3.05, 3.63) is 35.3 Å². The fourth-order valence-corrected chi connectivity index (χ4v) is 3.34. The number of ether oxygens (including phenoxy) is 1. The lowest BCUT2D eigenvalue weighted by atomic mass is 10.2. The number of halogens is 1. The monoisotopic (exact) mass is 381 g/mol. The van der Waals surface area contributed by atoms with Crippen LogP contribution in [0.3, 0.4) is 0 Å². The molecule has 3 N–H and O–H groups in total. The molecule has 25 heavy (non-hydrogen) atoms. The first kappa shape index (κ1) is 19.7. The van der Waals surface area contributed by atoms with Gasteiger partial charge in [0.2, 0.25) is 0 Å². The maximum absolute atomic E-state index is 12.3. The van der Waals surface area contributed by atoms with E-state index < -0.39 is 0 Å². The van der Waals surface area contributed by atoms with E-state index in [2.05, 4.69) is 17.2 Å². The Kier molecular flexibility index (Phi) is 7.23. The molecule has 1 atom stereocenters. The number of hydrogen-bond donors (Lipinski definition) is 2. The van der Waals surface area contributed by atoms with E-state index in [0.717, 1.165) is 35.6 Å². The predicted molar refractivity (Wildman–Crippen MR) is 104 cm³/mol. The largest absolute Gasteiger partial charge is 0.494 e. The summed E-state index contributed by atoms with van der Waals surface area (Å²) in [6, 6.07) is 7.88. The molecule has 1 aromatic heterocycles. The number of carbonyl (C=O) groups is 1. The third-order valence-electron chi connectivity index (χ3n) is 4.07. The van der Waals surface area contributed by atoms with Gasteiger partial charge in [0.15, 0.2) is 0 Å². The zero-order chi connectivity index (χ0) is 16.9. The van der Waals surface area contributed by atoms with Crippen molar-refractivity contribution in [1.29, 1.82) is 0 Å². The molecule has 2 aromatic rings. The lowest BCUT2D eigenvalue weighted by Gasteiger charge is -2.14. The second-order valence-corrected chi connectivity index (χ2v) is 6.92. The van der Waals surface area contributed by atoms with Crippen LogP contribution in [-0.4, -0.2) is 30.1 Å². The van der Waals surface area contributed by atoms with Crippen LogP contribution in [-0.2, 0) is 0 Å². The van der Waals surface area contributed by atoms with E-state index in [1.807, 2.05) is 24.3 Å². The zero-order valence-electron chi connectivity index (χ0n) is 14.2. The van der Waals surface area contributed by atoms with Gasteiger partial charge in [-0.15, -0.1) is 23.7 Å². The summed E-state index contributed by atoms with van der Waals surface area (Å²) in [6.45, 7) is 3.27. The highest BCUT2D eigenvalue weighted by atomic mass is 35.5. The smallest absolute Gasteiger partial charge is 0.271 e. The van der Waals surface area contributed by atoms with E-state index in [-0.39, 0.29) is 24.4 Å². The highest BCUT2D eigenvalue weighted by Gasteiger charge is 2.31. The van der Waals surface area contributed by atoms with Gasteiger partial charge >= 0.3 is 0 Å². The number of thiazole rings is 1. The van der Waals surface area contributed by atoms with Crippen molar-refractivity contribution in [2.24, 2.45) is 11.7 Å². The van der Waals surface area contributed by atoms with Crippen LogP contribution in [0.25, 0.3) is 10.6 Å². The number of amides is 1. The molecule has 136 valence electrons. The van der Waals surface area contributed by atoms with E-state index in [1.165, 1.54) is 11.3 Å². The summed E-state index contributed by atoms with van der Waals surface area (Å²) >= 11 is 1.47. The molecule has 0 aliphatic heterocycles. The van der Waals surface area contributed by atoms with Crippen LogP contribution < -0.4 is 15.8 Å². The molecular formula is C18H24ClN3O2S. The average molecular weight is 382 g/mol. The fraction of sp³-hybridized carbons (Fsp3) is 0.444. The molecule has 0 saturated heterocycles. The van der Waals surface area contributed by atoms with Gasteiger partial charge in [-0.1, -0.05) is 6.92 Å². The summed E-state index contributed by atoms with van der Waals surface area (Å²) in [5, 5.41) is 5.63. The third-order valence-corrected chi connectivity index (χ3v) is 4.96. The Morgan fingerprint density at radius 3 is 2.72 bits per heavy atom. The van der Waals surface area contributed by atoms with E-state index in [1.54, 1.807) is 5.38 Å². The van der Waals surface area contributed by atoms with Crippen molar-refractivity contribution in [1.82, 2.24) is 10.3 Å². The molecule has 0 spiro atoms. The number of rotatable bonds is 8. The minimum Gasteiger partial charge on any atom is -0.494 e. The summed E-state index contributed by atoms with van der Waals surface area (Å²) in [5.74, 6) is 1.25. The Bertz CT molecular complexity index is 686. The molecule has 3 rings (SSSR count). The molecule has 1 saturated carbocycles. The Labute approximate surface area is 158 Å². The van der Waals surface area contributed by atoms with Gasteiger partial charge in [0.05, 0.1) is 6.61 Å². The van der Waals surface area contributed by atoms with Crippen LogP contribution in [0.1, 0.15) is 36.7 Å². The van der Waals surface area contributed by atoms with Gasteiger partial charge in [0.1, 0.15) is 16.5 Å². The molecule has 1 amide bonds. The Hall–Kier alpha value is -1.63. The maximum Gasteiger partial charge on any atom is 0.271 e. The van der Waals surface area contributed by atoms with Crippen LogP contribution in [0.4, 0.5) is 0 Å². The molecule has 1 heterocycles. The molecule has 1 aliphatic rings. The van der Waals surface area contributed by atoms with Crippen LogP contribution in [0, 0.1) is 5.92 Å². The second kappa shape index (κ2) is 9.17. The summed E-state index contributed by atoms with van der Waals surface area (Å²) in [5.41, 5.74) is 7.19. The van der Waals surface area contributed by atoms with Gasteiger partial charge in [0, 0.05) is 23.5 Å². The molecule has 5 nitrogen and oxygen atoms in total. The Balaban J connectivity index is 0.00000225. The van der Waals surface area contributed by atoms with Crippen molar-refractivity contribution < 1.29 is 9.53 Å². The van der Waals surface area contributed by atoms with Crippen molar-refractivity contribution in [2.45, 2.75) is 32.2 Å². The standard InChI is InChI=1S/C18H23N3O2S.ClH/c1-2-9-23-14-7-5-13(6-8-14)18-21-16(11-24-18)17(22)20-15(10-19)12-3-4-12;/h5-8,11-12,15H,2-4,9-10,19H2,1H3,(H,20,22);1H. The molecule has 7 heteroatoms. The highest BCUT2D eigenvalue weighted by molar-refractivity contribution is 7.13. The molecule has 1 aliphatic carbocycles. The molecule has 1 unspecified atom stereocenters. The number of hydrogen-bond acceptors (Lipinski definition) is 5. The predicted octanol–water partition coefficient (Wildman–Crippen LogP) is 3.49. The van der Waals surface area contributed by atoms with Crippen LogP contribution in [0.2, 0.25) is 0 Å². The zero-order valence-corrected chi connectivity index (χ0v) is 15.9. The summed E-state index contributed by atoms with van der Waals surface area (Å²) < 4.78 is 5.58. The van der Waals surface area contributed by atoms with E-state index in [4.69, 9.17) is 10.5 Å². The molecular weight excluding hydrogens is 358 g/mol. The minimum absolute atomic E-state index is 0. The first-order valence-electron chi connectivity index (χ1n) is 8.41. The van der Waals surface area contributed by atoms with Crippen molar-refractivity contribution in [3.8, 4) is 16.3 Å². The molecule has 0 radical (unpaired) electrons. The van der Waals surface area contributed by atoms with Crippen LogP contribution >= 0.6 is 23.7 Å². The number of benzene rings is 1.